The van der Waals surface area contributed by atoms with Crippen LogP contribution in [0.25, 0.3) is 0 Å². The van der Waals surface area contributed by atoms with Crippen molar-refractivity contribution < 1.29 is 18.8 Å². The number of hydrogen-bond acceptors (Lipinski definition) is 4. The number of nitro groups is 1. The predicted octanol–water partition coefficient (Wildman–Crippen LogP) is 3.27. The van der Waals surface area contributed by atoms with Crippen LogP contribution < -0.4 is 4.74 Å². The molecule has 0 saturated heterocycles. The quantitative estimate of drug-likeness (QED) is 0.590. The molecule has 0 fully saturated rings. The Morgan fingerprint density at radius 2 is 1.90 bits per heavy atom. The molecule has 0 saturated carbocycles. The molecule has 1 aliphatic heterocycles. The number of ketones is 1. The van der Waals surface area contributed by atoms with Crippen molar-refractivity contribution in [2.75, 3.05) is 0 Å². The maximum Gasteiger partial charge on any atom is 0.269 e. The number of halogens is 1. The van der Waals surface area contributed by atoms with Gasteiger partial charge in [0.2, 0.25) is 0 Å². The summed E-state index contributed by atoms with van der Waals surface area (Å²) in [5.41, 5.74) is 0.446. The molecule has 2 aromatic carbocycles. The van der Waals surface area contributed by atoms with Gasteiger partial charge in [-0.2, -0.15) is 0 Å². The first-order valence-corrected chi connectivity index (χ1v) is 5.82. The van der Waals surface area contributed by atoms with E-state index < -0.39 is 10.7 Å². The van der Waals surface area contributed by atoms with E-state index >= 15 is 0 Å². The first-order chi connectivity index (χ1) is 9.54. The number of nitro benzene ring substituents is 1. The maximum absolute atomic E-state index is 13.2. The standard InChI is InChI=1S/C14H8FNO4/c15-9-1-3-14-11(7-9)12(17)6-8-5-10(16(18)19)2-4-13(8)20-14/h1-5,7H,6H2. The summed E-state index contributed by atoms with van der Waals surface area (Å²) in [5.74, 6) is -0.241. The monoisotopic (exact) mass is 273 g/mol. The second-order valence-corrected chi connectivity index (χ2v) is 4.39. The maximum atomic E-state index is 13.2. The largest absolute Gasteiger partial charge is 0.456 e. The lowest BCUT2D eigenvalue weighted by Gasteiger charge is -2.07. The van der Waals surface area contributed by atoms with Gasteiger partial charge in [0.1, 0.15) is 17.3 Å². The van der Waals surface area contributed by atoms with Crippen molar-refractivity contribution in [3.8, 4) is 11.5 Å². The van der Waals surface area contributed by atoms with E-state index in [0.717, 1.165) is 6.07 Å². The van der Waals surface area contributed by atoms with Crippen LogP contribution in [-0.2, 0) is 6.42 Å². The molecule has 0 N–H and O–H groups in total. The van der Waals surface area contributed by atoms with E-state index in [2.05, 4.69) is 0 Å². The number of rotatable bonds is 1. The van der Waals surface area contributed by atoms with E-state index in [-0.39, 0.29) is 29.2 Å². The molecule has 20 heavy (non-hydrogen) atoms. The fourth-order valence-electron chi connectivity index (χ4n) is 2.11. The number of non-ortho nitro benzene ring substituents is 1. The third-order valence-electron chi connectivity index (χ3n) is 3.07. The highest BCUT2D eigenvalue weighted by Gasteiger charge is 2.23. The van der Waals surface area contributed by atoms with Gasteiger partial charge in [-0.1, -0.05) is 0 Å². The topological polar surface area (TPSA) is 69.4 Å². The number of ether oxygens (including phenoxy) is 1. The van der Waals surface area contributed by atoms with Crippen LogP contribution in [0.1, 0.15) is 15.9 Å². The van der Waals surface area contributed by atoms with Crippen molar-refractivity contribution in [3.05, 3.63) is 63.5 Å². The van der Waals surface area contributed by atoms with Gasteiger partial charge in [-0.25, -0.2) is 4.39 Å². The summed E-state index contributed by atoms with van der Waals surface area (Å²) in [5, 5.41) is 10.7. The van der Waals surface area contributed by atoms with Gasteiger partial charge in [-0.15, -0.1) is 0 Å². The highest BCUT2D eigenvalue weighted by Crippen LogP contribution is 2.35. The van der Waals surface area contributed by atoms with E-state index in [4.69, 9.17) is 4.74 Å². The molecular formula is C14H8FNO4. The van der Waals surface area contributed by atoms with Gasteiger partial charge in [0.15, 0.2) is 5.78 Å². The number of carbonyl (C=O) groups excluding carboxylic acids is 1. The third-order valence-corrected chi connectivity index (χ3v) is 3.07. The minimum Gasteiger partial charge on any atom is -0.456 e. The number of fused-ring (bicyclic) bond motifs is 2. The van der Waals surface area contributed by atoms with E-state index in [1.54, 1.807) is 0 Å². The molecule has 100 valence electrons. The summed E-state index contributed by atoms with van der Waals surface area (Å²) in [6, 6.07) is 7.73. The summed E-state index contributed by atoms with van der Waals surface area (Å²) < 4.78 is 18.8. The lowest BCUT2D eigenvalue weighted by Crippen LogP contribution is -2.02. The Kier molecular flexibility index (Phi) is 2.71. The summed E-state index contributed by atoms with van der Waals surface area (Å²) in [6.45, 7) is 0. The first kappa shape index (κ1) is 12.3. The smallest absolute Gasteiger partial charge is 0.269 e. The van der Waals surface area contributed by atoms with Crippen LogP contribution in [0.3, 0.4) is 0 Å². The Balaban J connectivity index is 2.11. The Labute approximate surface area is 112 Å². The van der Waals surface area contributed by atoms with Gasteiger partial charge < -0.3 is 4.74 Å². The normalized spacial score (nSPS) is 12.9. The number of carbonyl (C=O) groups is 1. The van der Waals surface area contributed by atoms with Crippen LogP contribution in [0.4, 0.5) is 10.1 Å². The minimum absolute atomic E-state index is 0.0620. The fraction of sp³-hybridized carbons (Fsp3) is 0.0714. The lowest BCUT2D eigenvalue weighted by atomic mass is 10.0. The molecular weight excluding hydrogens is 265 g/mol. The first-order valence-electron chi connectivity index (χ1n) is 5.82. The zero-order valence-electron chi connectivity index (χ0n) is 10.1. The Hall–Kier alpha value is -2.76. The van der Waals surface area contributed by atoms with Gasteiger partial charge in [-0.3, -0.25) is 14.9 Å². The summed E-state index contributed by atoms with van der Waals surface area (Å²) >= 11 is 0. The molecule has 0 unspecified atom stereocenters. The van der Waals surface area contributed by atoms with E-state index in [1.165, 1.54) is 30.3 Å². The molecule has 0 aromatic heterocycles. The van der Waals surface area contributed by atoms with Gasteiger partial charge in [-0.05, 0) is 24.3 Å². The van der Waals surface area contributed by atoms with Crippen molar-refractivity contribution in [1.29, 1.82) is 0 Å². The molecule has 5 nitrogen and oxygen atoms in total. The van der Waals surface area contributed by atoms with Crippen molar-refractivity contribution in [2.24, 2.45) is 0 Å². The highest BCUT2D eigenvalue weighted by molar-refractivity contribution is 6.01. The second kappa shape index (κ2) is 4.41. The summed E-state index contributed by atoms with van der Waals surface area (Å²) in [6.07, 6.45) is -0.0620. The van der Waals surface area contributed by atoms with Crippen molar-refractivity contribution >= 4 is 11.5 Å². The Morgan fingerprint density at radius 1 is 1.15 bits per heavy atom. The summed E-state index contributed by atoms with van der Waals surface area (Å²) in [7, 11) is 0. The molecule has 2 aromatic rings. The number of hydrogen-bond donors (Lipinski definition) is 0. The molecule has 0 aliphatic carbocycles. The van der Waals surface area contributed by atoms with Gasteiger partial charge in [0.25, 0.3) is 5.69 Å². The number of nitrogens with zero attached hydrogens (tertiary/aromatic N) is 1. The van der Waals surface area contributed by atoms with E-state index in [9.17, 15) is 19.3 Å². The van der Waals surface area contributed by atoms with Crippen molar-refractivity contribution in [1.82, 2.24) is 0 Å². The third kappa shape index (κ3) is 2.01. The molecule has 1 heterocycles. The van der Waals surface area contributed by atoms with E-state index in [1.807, 2.05) is 0 Å². The number of Topliss-reactive ketones (excluding diaryl/α,β-unsaturated/α-hetero) is 1. The summed E-state index contributed by atoms with van der Waals surface area (Å²) in [4.78, 5) is 22.3. The average molecular weight is 273 g/mol. The van der Waals surface area contributed by atoms with Crippen molar-refractivity contribution in [2.45, 2.75) is 6.42 Å². The molecule has 0 bridgehead atoms. The fourth-order valence-corrected chi connectivity index (χ4v) is 2.11. The van der Waals surface area contributed by atoms with E-state index in [0.29, 0.717) is 11.3 Å². The highest BCUT2D eigenvalue weighted by atomic mass is 19.1. The van der Waals surface area contributed by atoms with Gasteiger partial charge in [0.05, 0.1) is 10.5 Å². The second-order valence-electron chi connectivity index (χ2n) is 4.39. The van der Waals surface area contributed by atoms with Crippen LogP contribution in [0.5, 0.6) is 11.5 Å². The lowest BCUT2D eigenvalue weighted by molar-refractivity contribution is -0.384. The Bertz CT molecular complexity index is 742. The molecule has 0 spiro atoms. The van der Waals surface area contributed by atoms with Crippen molar-refractivity contribution in [3.63, 3.8) is 0 Å². The Morgan fingerprint density at radius 3 is 2.65 bits per heavy atom. The average Bonchev–Trinajstić information content (AvgIpc) is 2.54. The van der Waals surface area contributed by atoms with Crippen LogP contribution in [0.2, 0.25) is 0 Å². The van der Waals surface area contributed by atoms with Crippen LogP contribution in [0.15, 0.2) is 36.4 Å². The molecule has 0 amide bonds. The minimum atomic E-state index is -0.539. The van der Waals surface area contributed by atoms with Crippen LogP contribution in [0, 0.1) is 15.9 Å². The molecule has 0 atom stereocenters. The molecule has 6 heteroatoms. The zero-order valence-corrected chi connectivity index (χ0v) is 10.1. The molecule has 3 rings (SSSR count). The SMILES string of the molecule is O=C1Cc2cc([N+](=O)[O-])ccc2Oc2ccc(F)cc21. The van der Waals surface area contributed by atoms with Crippen LogP contribution >= 0.6 is 0 Å². The van der Waals surface area contributed by atoms with Gasteiger partial charge >= 0.3 is 0 Å². The zero-order chi connectivity index (χ0) is 14.3. The number of benzene rings is 2. The van der Waals surface area contributed by atoms with Crippen LogP contribution in [-0.4, -0.2) is 10.7 Å². The van der Waals surface area contributed by atoms with Gasteiger partial charge in [0, 0.05) is 24.1 Å². The molecule has 1 aliphatic rings. The predicted molar refractivity (Wildman–Crippen MR) is 67.6 cm³/mol. The molecule has 0 radical (unpaired) electrons.